The number of nitro groups is 1. The van der Waals surface area contributed by atoms with Crippen LogP contribution in [0.5, 0.6) is 0 Å². The van der Waals surface area contributed by atoms with Gasteiger partial charge in [-0.1, -0.05) is 36.4 Å². The Balaban J connectivity index is 1.94. The first-order valence-corrected chi connectivity index (χ1v) is 8.08. The molecule has 3 rings (SSSR count). The van der Waals surface area contributed by atoms with Crippen LogP contribution >= 0.6 is 0 Å². The van der Waals surface area contributed by atoms with Crippen molar-refractivity contribution in [2.75, 3.05) is 0 Å². The molecule has 0 spiro atoms. The molecule has 1 amide bonds. The maximum Gasteiger partial charge on any atom is 0.278 e. The lowest BCUT2D eigenvalue weighted by Crippen LogP contribution is -2.22. The summed E-state index contributed by atoms with van der Waals surface area (Å²) in [5.41, 5.74) is 2.36. The van der Waals surface area contributed by atoms with Crippen LogP contribution < -0.4 is 5.49 Å². The fourth-order valence-electron chi connectivity index (χ4n) is 2.64. The third kappa shape index (κ3) is 3.92. The largest absolute Gasteiger partial charge is 0.328 e. The average Bonchev–Trinajstić information content (AvgIpc) is 2.63. The van der Waals surface area contributed by atoms with Gasteiger partial charge in [0.05, 0.1) is 4.92 Å². The van der Waals surface area contributed by atoms with E-state index in [1.54, 1.807) is 13.0 Å². The lowest BCUT2D eigenvalue weighted by molar-refractivity contribution is -0.385. The van der Waals surface area contributed by atoms with Crippen LogP contribution in [-0.2, 0) is 6.54 Å². The normalized spacial score (nSPS) is 11.3. The summed E-state index contributed by atoms with van der Waals surface area (Å²) in [4.78, 5) is 27.1. The molecular formula is C20H17N3O3. The summed E-state index contributed by atoms with van der Waals surface area (Å²) in [6, 6.07) is 19.6. The van der Waals surface area contributed by atoms with Crippen molar-refractivity contribution >= 4 is 11.6 Å². The van der Waals surface area contributed by atoms with Crippen molar-refractivity contribution in [2.24, 2.45) is 4.99 Å². The van der Waals surface area contributed by atoms with Crippen LogP contribution in [0.3, 0.4) is 0 Å². The number of aromatic nitrogens is 1. The predicted molar refractivity (Wildman–Crippen MR) is 97.7 cm³/mol. The molecular weight excluding hydrogens is 330 g/mol. The van der Waals surface area contributed by atoms with Gasteiger partial charge in [-0.25, -0.2) is 0 Å². The van der Waals surface area contributed by atoms with Gasteiger partial charge < -0.3 is 4.57 Å². The second-order valence-corrected chi connectivity index (χ2v) is 5.85. The van der Waals surface area contributed by atoms with Crippen molar-refractivity contribution < 1.29 is 9.72 Å². The Hall–Kier alpha value is -3.54. The van der Waals surface area contributed by atoms with Crippen molar-refractivity contribution in [3.05, 3.63) is 105 Å². The van der Waals surface area contributed by atoms with Crippen molar-refractivity contribution in [1.82, 2.24) is 4.57 Å². The standard InChI is InChI=1S/C20H17N3O3/c1-15-13-17(10-11-18(15)23(25)26)20(24)21-19-9-5-6-12-22(19)14-16-7-3-2-4-8-16/h2-13H,14H2,1H3. The molecule has 0 radical (unpaired) electrons. The maximum absolute atomic E-state index is 12.5. The van der Waals surface area contributed by atoms with Crippen LogP contribution in [0.4, 0.5) is 5.69 Å². The number of pyridine rings is 1. The summed E-state index contributed by atoms with van der Waals surface area (Å²) in [6.07, 6.45) is 1.86. The molecule has 0 aliphatic rings. The zero-order chi connectivity index (χ0) is 18.5. The zero-order valence-corrected chi connectivity index (χ0v) is 14.2. The highest BCUT2D eigenvalue weighted by Crippen LogP contribution is 2.19. The van der Waals surface area contributed by atoms with E-state index in [1.807, 2.05) is 53.2 Å². The maximum atomic E-state index is 12.5. The van der Waals surface area contributed by atoms with E-state index >= 15 is 0 Å². The zero-order valence-electron chi connectivity index (χ0n) is 14.2. The Morgan fingerprint density at radius 2 is 1.81 bits per heavy atom. The Morgan fingerprint density at radius 1 is 1.08 bits per heavy atom. The molecule has 26 heavy (non-hydrogen) atoms. The average molecular weight is 347 g/mol. The summed E-state index contributed by atoms with van der Waals surface area (Å²) < 4.78 is 1.88. The van der Waals surface area contributed by atoms with E-state index in [1.165, 1.54) is 18.2 Å². The molecule has 0 aliphatic carbocycles. The Morgan fingerprint density at radius 3 is 2.50 bits per heavy atom. The highest BCUT2D eigenvalue weighted by molar-refractivity contribution is 5.95. The van der Waals surface area contributed by atoms with Gasteiger partial charge in [0.15, 0.2) is 0 Å². The lowest BCUT2D eigenvalue weighted by atomic mass is 10.1. The molecule has 130 valence electrons. The summed E-state index contributed by atoms with van der Waals surface area (Å²) in [5.74, 6) is -0.434. The fourth-order valence-corrected chi connectivity index (χ4v) is 2.64. The molecule has 0 atom stereocenters. The third-order valence-corrected chi connectivity index (χ3v) is 3.97. The van der Waals surface area contributed by atoms with Gasteiger partial charge in [-0.05, 0) is 36.8 Å². The molecule has 3 aromatic rings. The van der Waals surface area contributed by atoms with Crippen molar-refractivity contribution in [3.8, 4) is 0 Å². The van der Waals surface area contributed by atoms with Gasteiger partial charge in [0, 0.05) is 29.9 Å². The number of nitrogens with zero attached hydrogens (tertiary/aromatic N) is 3. The van der Waals surface area contributed by atoms with Crippen molar-refractivity contribution in [2.45, 2.75) is 13.5 Å². The molecule has 0 aliphatic heterocycles. The predicted octanol–water partition coefficient (Wildman–Crippen LogP) is 3.49. The van der Waals surface area contributed by atoms with Gasteiger partial charge in [0.2, 0.25) is 0 Å². The van der Waals surface area contributed by atoms with E-state index in [0.717, 1.165) is 5.56 Å². The fraction of sp³-hybridized carbons (Fsp3) is 0.100. The second-order valence-electron chi connectivity index (χ2n) is 5.85. The highest BCUT2D eigenvalue weighted by atomic mass is 16.6. The number of hydrogen-bond acceptors (Lipinski definition) is 3. The number of benzene rings is 2. The van der Waals surface area contributed by atoms with Crippen LogP contribution in [0, 0.1) is 17.0 Å². The van der Waals surface area contributed by atoms with E-state index < -0.39 is 10.8 Å². The molecule has 0 saturated heterocycles. The number of rotatable bonds is 4. The van der Waals surface area contributed by atoms with Crippen LogP contribution in [0.1, 0.15) is 21.5 Å². The Labute approximate surface area is 150 Å². The minimum Gasteiger partial charge on any atom is -0.328 e. The van der Waals surface area contributed by atoms with Gasteiger partial charge in [0.1, 0.15) is 5.49 Å². The molecule has 6 nitrogen and oxygen atoms in total. The molecule has 0 bridgehead atoms. The van der Waals surface area contributed by atoms with E-state index in [2.05, 4.69) is 4.99 Å². The quantitative estimate of drug-likeness (QED) is 0.535. The van der Waals surface area contributed by atoms with Gasteiger partial charge in [0.25, 0.3) is 11.6 Å². The SMILES string of the molecule is Cc1cc(C(=O)N=c2ccccn2Cc2ccccc2)ccc1[N+](=O)[O-]. The van der Waals surface area contributed by atoms with Crippen LogP contribution in [0.2, 0.25) is 0 Å². The van der Waals surface area contributed by atoms with Gasteiger partial charge in [-0.3, -0.25) is 14.9 Å². The van der Waals surface area contributed by atoms with E-state index in [9.17, 15) is 14.9 Å². The minimum atomic E-state index is -0.467. The lowest BCUT2D eigenvalue weighted by Gasteiger charge is -2.07. The minimum absolute atomic E-state index is 0.0135. The molecule has 6 heteroatoms. The molecule has 2 aromatic carbocycles. The number of hydrogen-bond donors (Lipinski definition) is 0. The summed E-state index contributed by atoms with van der Waals surface area (Å²) in [6.45, 7) is 2.19. The first-order chi connectivity index (χ1) is 12.5. The summed E-state index contributed by atoms with van der Waals surface area (Å²) in [7, 11) is 0. The molecule has 1 aromatic heterocycles. The number of aryl methyl sites for hydroxylation is 1. The van der Waals surface area contributed by atoms with E-state index in [-0.39, 0.29) is 5.69 Å². The van der Waals surface area contributed by atoms with Crippen LogP contribution in [0.25, 0.3) is 0 Å². The number of nitro benzene ring substituents is 1. The first kappa shape index (κ1) is 17.3. The highest BCUT2D eigenvalue weighted by Gasteiger charge is 2.13. The van der Waals surface area contributed by atoms with Gasteiger partial charge in [-0.2, -0.15) is 4.99 Å². The molecule has 0 saturated carbocycles. The van der Waals surface area contributed by atoms with Crippen LogP contribution in [0.15, 0.2) is 77.9 Å². The number of amides is 1. The monoisotopic (exact) mass is 347 g/mol. The van der Waals surface area contributed by atoms with Gasteiger partial charge in [-0.15, -0.1) is 0 Å². The summed E-state index contributed by atoms with van der Waals surface area (Å²) in [5, 5.41) is 10.9. The molecule has 0 unspecified atom stereocenters. The van der Waals surface area contributed by atoms with Crippen molar-refractivity contribution in [3.63, 3.8) is 0 Å². The Bertz CT molecular complexity index is 1020. The second kappa shape index (κ2) is 7.57. The molecule has 0 N–H and O–H groups in total. The number of carbonyl (C=O) groups is 1. The summed E-state index contributed by atoms with van der Waals surface area (Å²) >= 11 is 0. The third-order valence-electron chi connectivity index (χ3n) is 3.97. The van der Waals surface area contributed by atoms with Crippen LogP contribution in [-0.4, -0.2) is 15.4 Å². The van der Waals surface area contributed by atoms with E-state index in [0.29, 0.717) is 23.2 Å². The first-order valence-electron chi connectivity index (χ1n) is 8.08. The van der Waals surface area contributed by atoms with Gasteiger partial charge >= 0.3 is 0 Å². The number of carbonyl (C=O) groups excluding carboxylic acids is 1. The topological polar surface area (TPSA) is 77.5 Å². The molecule has 0 fully saturated rings. The van der Waals surface area contributed by atoms with E-state index in [4.69, 9.17) is 0 Å². The Kier molecular flexibility index (Phi) is 5.03. The molecule has 1 heterocycles. The smallest absolute Gasteiger partial charge is 0.278 e. The van der Waals surface area contributed by atoms with Crippen molar-refractivity contribution in [1.29, 1.82) is 0 Å².